The van der Waals surface area contributed by atoms with Crippen LogP contribution in [0.25, 0.3) is 0 Å². The van der Waals surface area contributed by atoms with E-state index in [0.29, 0.717) is 12.2 Å². The number of nitrogens with zero attached hydrogens (tertiary/aromatic N) is 1. The van der Waals surface area contributed by atoms with Gasteiger partial charge in [0.1, 0.15) is 0 Å². The predicted molar refractivity (Wildman–Crippen MR) is 49.4 cm³/mol. The molecule has 0 fully saturated rings. The SMILES string of the molecule is CCCNS(=O)(=O)Nc1cn[nH]c1. The molecule has 0 saturated carbocycles. The number of aromatic nitrogens is 2. The van der Waals surface area contributed by atoms with Gasteiger partial charge < -0.3 is 0 Å². The molecule has 6 nitrogen and oxygen atoms in total. The zero-order valence-electron chi connectivity index (χ0n) is 7.24. The molecule has 74 valence electrons. The number of aromatic amines is 1. The summed E-state index contributed by atoms with van der Waals surface area (Å²) >= 11 is 0. The summed E-state index contributed by atoms with van der Waals surface area (Å²) in [5, 5.41) is 6.11. The lowest BCUT2D eigenvalue weighted by atomic mass is 10.5. The van der Waals surface area contributed by atoms with E-state index < -0.39 is 10.2 Å². The van der Waals surface area contributed by atoms with Crippen molar-refractivity contribution >= 4 is 15.9 Å². The Morgan fingerprint density at radius 3 is 2.92 bits per heavy atom. The van der Waals surface area contributed by atoms with Crippen LogP contribution in [0.4, 0.5) is 5.69 Å². The minimum atomic E-state index is -3.43. The summed E-state index contributed by atoms with van der Waals surface area (Å²) in [6, 6.07) is 0. The fourth-order valence-electron chi connectivity index (χ4n) is 0.734. The molecule has 1 heterocycles. The monoisotopic (exact) mass is 204 g/mol. The maximum atomic E-state index is 11.2. The molecular weight excluding hydrogens is 192 g/mol. The van der Waals surface area contributed by atoms with E-state index in [0.717, 1.165) is 6.42 Å². The van der Waals surface area contributed by atoms with E-state index in [9.17, 15) is 8.42 Å². The minimum Gasteiger partial charge on any atom is -0.284 e. The van der Waals surface area contributed by atoms with Gasteiger partial charge in [-0.05, 0) is 6.42 Å². The number of rotatable bonds is 5. The van der Waals surface area contributed by atoms with Crippen molar-refractivity contribution in [1.29, 1.82) is 0 Å². The summed E-state index contributed by atoms with van der Waals surface area (Å²) < 4.78 is 27.1. The van der Waals surface area contributed by atoms with Crippen LogP contribution in [-0.4, -0.2) is 25.2 Å². The molecule has 0 aliphatic heterocycles. The van der Waals surface area contributed by atoms with Gasteiger partial charge in [0.2, 0.25) is 0 Å². The Kier molecular flexibility index (Phi) is 3.26. The van der Waals surface area contributed by atoms with Crippen LogP contribution in [0, 0.1) is 0 Å². The molecule has 0 bridgehead atoms. The summed E-state index contributed by atoms with van der Waals surface area (Å²) in [6.45, 7) is 2.31. The second-order valence-electron chi connectivity index (χ2n) is 2.49. The van der Waals surface area contributed by atoms with Crippen molar-refractivity contribution in [2.24, 2.45) is 0 Å². The normalized spacial score (nSPS) is 11.5. The van der Waals surface area contributed by atoms with Gasteiger partial charge in [0, 0.05) is 12.7 Å². The quantitative estimate of drug-likeness (QED) is 0.634. The second-order valence-corrected chi connectivity index (χ2v) is 3.99. The average Bonchev–Trinajstić information content (AvgIpc) is 2.52. The highest BCUT2D eigenvalue weighted by Crippen LogP contribution is 2.02. The van der Waals surface area contributed by atoms with Crippen molar-refractivity contribution in [3.63, 3.8) is 0 Å². The fraction of sp³-hybridized carbons (Fsp3) is 0.500. The Morgan fingerprint density at radius 2 is 2.38 bits per heavy atom. The van der Waals surface area contributed by atoms with Crippen molar-refractivity contribution < 1.29 is 8.42 Å². The third kappa shape index (κ3) is 3.43. The molecule has 1 rings (SSSR count). The van der Waals surface area contributed by atoms with Crippen molar-refractivity contribution in [3.8, 4) is 0 Å². The van der Waals surface area contributed by atoms with Crippen molar-refractivity contribution in [1.82, 2.24) is 14.9 Å². The van der Waals surface area contributed by atoms with Gasteiger partial charge in [0.25, 0.3) is 10.2 Å². The van der Waals surface area contributed by atoms with Gasteiger partial charge in [-0.3, -0.25) is 9.82 Å². The molecule has 7 heteroatoms. The van der Waals surface area contributed by atoms with Crippen LogP contribution >= 0.6 is 0 Å². The van der Waals surface area contributed by atoms with Gasteiger partial charge in [0.15, 0.2) is 0 Å². The molecule has 3 N–H and O–H groups in total. The van der Waals surface area contributed by atoms with Crippen molar-refractivity contribution in [2.75, 3.05) is 11.3 Å². The maximum absolute atomic E-state index is 11.2. The first-order valence-corrected chi connectivity index (χ1v) is 5.38. The number of hydrogen-bond donors (Lipinski definition) is 3. The van der Waals surface area contributed by atoms with Crippen LogP contribution < -0.4 is 9.44 Å². The second kappa shape index (κ2) is 4.24. The topological polar surface area (TPSA) is 86.9 Å². The van der Waals surface area contributed by atoms with Crippen LogP contribution in [0.1, 0.15) is 13.3 Å². The van der Waals surface area contributed by atoms with E-state index in [2.05, 4.69) is 19.6 Å². The third-order valence-corrected chi connectivity index (χ3v) is 2.38. The van der Waals surface area contributed by atoms with E-state index in [-0.39, 0.29) is 0 Å². The molecule has 1 aromatic rings. The Bertz CT molecular complexity index is 332. The third-order valence-electron chi connectivity index (χ3n) is 1.29. The summed E-state index contributed by atoms with van der Waals surface area (Å²) in [5.41, 5.74) is 0.420. The Balaban J connectivity index is 2.53. The molecule has 13 heavy (non-hydrogen) atoms. The summed E-state index contributed by atoms with van der Waals surface area (Å²) in [6.07, 6.45) is 3.61. The first-order chi connectivity index (χ1) is 6.14. The Hall–Kier alpha value is -1.08. The molecule has 0 spiro atoms. The maximum Gasteiger partial charge on any atom is 0.299 e. The molecule has 1 aromatic heterocycles. The zero-order chi connectivity index (χ0) is 9.73. The number of nitrogens with one attached hydrogen (secondary N) is 3. The first kappa shape index (κ1) is 10.0. The molecule has 0 aromatic carbocycles. The summed E-state index contributed by atoms with van der Waals surface area (Å²) in [7, 11) is -3.43. The highest BCUT2D eigenvalue weighted by atomic mass is 32.2. The lowest BCUT2D eigenvalue weighted by Gasteiger charge is -2.05. The van der Waals surface area contributed by atoms with Gasteiger partial charge in [-0.25, -0.2) is 0 Å². The average molecular weight is 204 g/mol. The van der Waals surface area contributed by atoms with Crippen LogP contribution in [0.2, 0.25) is 0 Å². The molecule has 0 aliphatic carbocycles. The van der Waals surface area contributed by atoms with Gasteiger partial charge in [-0.2, -0.15) is 18.2 Å². The van der Waals surface area contributed by atoms with Crippen molar-refractivity contribution in [3.05, 3.63) is 12.4 Å². The smallest absolute Gasteiger partial charge is 0.284 e. The number of hydrogen-bond acceptors (Lipinski definition) is 3. The predicted octanol–water partition coefficient (Wildman–Crippen LogP) is 0.0660. The van der Waals surface area contributed by atoms with Crippen LogP contribution in [0.5, 0.6) is 0 Å². The summed E-state index contributed by atoms with van der Waals surface area (Å²) in [5.74, 6) is 0. The highest BCUT2D eigenvalue weighted by molar-refractivity contribution is 7.90. The molecule has 0 atom stereocenters. The minimum absolute atomic E-state index is 0.420. The number of H-pyrrole nitrogens is 1. The molecular formula is C6H12N4O2S. The molecule has 0 aliphatic rings. The fourth-order valence-corrected chi connectivity index (χ4v) is 1.70. The van der Waals surface area contributed by atoms with Crippen LogP contribution in [-0.2, 0) is 10.2 Å². The Morgan fingerprint density at radius 1 is 1.62 bits per heavy atom. The van der Waals surface area contributed by atoms with E-state index in [1.165, 1.54) is 12.4 Å². The van der Waals surface area contributed by atoms with Gasteiger partial charge in [0.05, 0.1) is 11.9 Å². The lowest BCUT2D eigenvalue weighted by molar-refractivity contribution is 0.586. The lowest BCUT2D eigenvalue weighted by Crippen LogP contribution is -2.30. The first-order valence-electron chi connectivity index (χ1n) is 3.90. The highest BCUT2D eigenvalue weighted by Gasteiger charge is 2.07. The molecule has 0 saturated heterocycles. The summed E-state index contributed by atoms with van der Waals surface area (Å²) in [4.78, 5) is 0. The largest absolute Gasteiger partial charge is 0.299 e. The van der Waals surface area contributed by atoms with Crippen LogP contribution in [0.3, 0.4) is 0 Å². The van der Waals surface area contributed by atoms with E-state index >= 15 is 0 Å². The van der Waals surface area contributed by atoms with Gasteiger partial charge >= 0.3 is 0 Å². The number of anilines is 1. The molecule has 0 unspecified atom stereocenters. The molecule has 0 radical (unpaired) electrons. The Labute approximate surface area is 76.9 Å². The van der Waals surface area contributed by atoms with E-state index in [1.54, 1.807) is 0 Å². The zero-order valence-corrected chi connectivity index (χ0v) is 8.06. The standard InChI is InChI=1S/C6H12N4O2S/c1-2-3-9-13(11,12)10-6-4-7-8-5-6/h4-5,9-10H,2-3H2,1H3,(H,7,8). The van der Waals surface area contributed by atoms with Crippen molar-refractivity contribution in [2.45, 2.75) is 13.3 Å². The van der Waals surface area contributed by atoms with E-state index in [1.807, 2.05) is 6.92 Å². The molecule has 0 amide bonds. The van der Waals surface area contributed by atoms with Gasteiger partial charge in [-0.15, -0.1) is 0 Å². The van der Waals surface area contributed by atoms with E-state index in [4.69, 9.17) is 0 Å². The van der Waals surface area contributed by atoms with Gasteiger partial charge in [-0.1, -0.05) is 6.92 Å². The van der Waals surface area contributed by atoms with Crippen LogP contribution in [0.15, 0.2) is 12.4 Å².